The summed E-state index contributed by atoms with van der Waals surface area (Å²) in [5, 5.41) is 5.94. The first-order chi connectivity index (χ1) is 10.6. The highest BCUT2D eigenvalue weighted by Gasteiger charge is 2.07. The van der Waals surface area contributed by atoms with E-state index in [1.54, 1.807) is 36.4 Å². The van der Waals surface area contributed by atoms with Crippen molar-refractivity contribution < 1.29 is 9.59 Å². The van der Waals surface area contributed by atoms with Crippen LogP contribution in [0.15, 0.2) is 42.6 Å². The minimum atomic E-state index is -0.228. The molecule has 0 aliphatic rings. The second kappa shape index (κ2) is 7.56. The Morgan fingerprint density at radius 3 is 2.32 bits per heavy atom. The zero-order chi connectivity index (χ0) is 15.9. The van der Waals surface area contributed by atoms with Gasteiger partial charge in [0.1, 0.15) is 0 Å². The van der Waals surface area contributed by atoms with E-state index >= 15 is 0 Å². The Morgan fingerprint density at radius 1 is 1.05 bits per heavy atom. The number of carbonyl (C=O) groups is 2. The van der Waals surface area contributed by atoms with E-state index in [2.05, 4.69) is 15.6 Å². The number of rotatable bonds is 5. The summed E-state index contributed by atoms with van der Waals surface area (Å²) in [5.74, 6) is -0.446. The van der Waals surface area contributed by atoms with Crippen molar-refractivity contribution in [1.29, 1.82) is 0 Å². The Morgan fingerprint density at radius 2 is 1.73 bits per heavy atom. The molecule has 5 nitrogen and oxygen atoms in total. The number of aromatic nitrogens is 1. The molecule has 114 valence electrons. The molecule has 2 N–H and O–H groups in total. The van der Waals surface area contributed by atoms with Gasteiger partial charge in [0, 0.05) is 35.6 Å². The summed E-state index contributed by atoms with van der Waals surface area (Å²) in [4.78, 5) is 27.8. The number of benzene rings is 1. The Labute approximate surface area is 133 Å². The molecule has 0 saturated heterocycles. The zero-order valence-corrected chi connectivity index (χ0v) is 12.9. The molecule has 0 unspecified atom stereocenters. The van der Waals surface area contributed by atoms with Gasteiger partial charge in [0.25, 0.3) is 11.8 Å². The molecule has 1 aromatic heterocycles. The van der Waals surface area contributed by atoms with E-state index < -0.39 is 0 Å². The number of carbonyl (C=O) groups excluding carboxylic acids is 2. The highest BCUT2D eigenvalue weighted by Crippen LogP contribution is 2.10. The largest absolute Gasteiger partial charge is 0.350 e. The average Bonchev–Trinajstić information content (AvgIpc) is 2.51. The normalized spacial score (nSPS) is 10.1. The standard InChI is InChI=1S/C16H16ClN3O2/c1-11-5-6-13(10-20-11)16(22)19-8-7-18-15(21)12-3-2-4-14(17)9-12/h2-6,9-10H,7-8H2,1H3,(H,18,21)(H,19,22). The molecule has 2 amide bonds. The molecule has 0 bridgehead atoms. The van der Waals surface area contributed by atoms with Crippen molar-refractivity contribution in [3.05, 3.63) is 64.4 Å². The number of pyridine rings is 1. The molecule has 0 spiro atoms. The third kappa shape index (κ3) is 4.56. The van der Waals surface area contributed by atoms with Crippen LogP contribution >= 0.6 is 11.6 Å². The van der Waals surface area contributed by atoms with Crippen molar-refractivity contribution in [2.75, 3.05) is 13.1 Å². The summed E-state index contributed by atoms with van der Waals surface area (Å²) >= 11 is 5.83. The highest BCUT2D eigenvalue weighted by atomic mass is 35.5. The van der Waals surface area contributed by atoms with E-state index in [0.717, 1.165) is 5.69 Å². The van der Waals surface area contributed by atoms with Crippen molar-refractivity contribution >= 4 is 23.4 Å². The maximum atomic E-state index is 11.9. The van der Waals surface area contributed by atoms with Gasteiger partial charge in [-0.15, -0.1) is 0 Å². The van der Waals surface area contributed by atoms with Gasteiger partial charge in [-0.3, -0.25) is 14.6 Å². The Kier molecular flexibility index (Phi) is 5.49. The molecule has 6 heteroatoms. The first-order valence-electron chi connectivity index (χ1n) is 6.81. The number of nitrogens with one attached hydrogen (secondary N) is 2. The van der Waals surface area contributed by atoms with Gasteiger partial charge in [-0.05, 0) is 37.3 Å². The van der Waals surface area contributed by atoms with Gasteiger partial charge in [-0.1, -0.05) is 17.7 Å². The van der Waals surface area contributed by atoms with Crippen LogP contribution in [0.2, 0.25) is 5.02 Å². The smallest absolute Gasteiger partial charge is 0.252 e. The average molecular weight is 318 g/mol. The molecule has 0 fully saturated rings. The van der Waals surface area contributed by atoms with E-state index in [4.69, 9.17) is 11.6 Å². The monoisotopic (exact) mass is 317 g/mol. The molecule has 0 aliphatic carbocycles. The van der Waals surface area contributed by atoms with Crippen molar-refractivity contribution in [2.45, 2.75) is 6.92 Å². The van der Waals surface area contributed by atoms with Crippen LogP contribution in [-0.4, -0.2) is 29.9 Å². The quantitative estimate of drug-likeness (QED) is 0.831. The summed E-state index contributed by atoms with van der Waals surface area (Å²) in [6.07, 6.45) is 1.52. The fourth-order valence-corrected chi connectivity index (χ4v) is 1.98. The van der Waals surface area contributed by atoms with Crippen molar-refractivity contribution in [1.82, 2.24) is 15.6 Å². The molecule has 0 saturated carbocycles. The number of aryl methyl sites for hydroxylation is 1. The molecular formula is C16H16ClN3O2. The number of hydrogen-bond acceptors (Lipinski definition) is 3. The predicted molar refractivity (Wildman–Crippen MR) is 85.1 cm³/mol. The van der Waals surface area contributed by atoms with Crippen molar-refractivity contribution in [3.63, 3.8) is 0 Å². The lowest BCUT2D eigenvalue weighted by Gasteiger charge is -2.07. The summed E-state index contributed by atoms with van der Waals surface area (Å²) in [6.45, 7) is 2.52. The van der Waals surface area contributed by atoms with E-state index in [9.17, 15) is 9.59 Å². The molecule has 2 rings (SSSR count). The fraction of sp³-hybridized carbons (Fsp3) is 0.188. The molecule has 1 aromatic carbocycles. The number of amides is 2. The molecular weight excluding hydrogens is 302 g/mol. The second-order valence-electron chi connectivity index (χ2n) is 4.71. The van der Waals surface area contributed by atoms with Crippen LogP contribution in [0.5, 0.6) is 0 Å². The number of halogens is 1. The van der Waals surface area contributed by atoms with E-state index in [-0.39, 0.29) is 11.8 Å². The first-order valence-corrected chi connectivity index (χ1v) is 7.18. The zero-order valence-electron chi connectivity index (χ0n) is 12.1. The van der Waals surface area contributed by atoms with Gasteiger partial charge in [0.15, 0.2) is 0 Å². The number of hydrogen-bond donors (Lipinski definition) is 2. The maximum Gasteiger partial charge on any atom is 0.252 e. The molecule has 1 heterocycles. The Balaban J connectivity index is 1.76. The summed E-state index contributed by atoms with van der Waals surface area (Å²) in [5.41, 5.74) is 1.83. The van der Waals surface area contributed by atoms with Gasteiger partial charge in [0.05, 0.1) is 5.56 Å². The van der Waals surface area contributed by atoms with Gasteiger partial charge in [-0.25, -0.2) is 0 Å². The topological polar surface area (TPSA) is 71.1 Å². The van der Waals surface area contributed by atoms with Crippen LogP contribution in [0.25, 0.3) is 0 Å². The second-order valence-corrected chi connectivity index (χ2v) is 5.15. The lowest BCUT2D eigenvalue weighted by Crippen LogP contribution is -2.34. The molecule has 0 radical (unpaired) electrons. The van der Waals surface area contributed by atoms with Crippen molar-refractivity contribution in [3.8, 4) is 0 Å². The van der Waals surface area contributed by atoms with E-state index in [1.807, 2.05) is 6.92 Å². The lowest BCUT2D eigenvalue weighted by atomic mass is 10.2. The SMILES string of the molecule is Cc1ccc(C(=O)NCCNC(=O)c2cccc(Cl)c2)cn1. The lowest BCUT2D eigenvalue weighted by molar-refractivity contribution is 0.0927. The minimum Gasteiger partial charge on any atom is -0.350 e. The van der Waals surface area contributed by atoms with Gasteiger partial charge in [0.2, 0.25) is 0 Å². The van der Waals surface area contributed by atoms with Crippen LogP contribution in [0.4, 0.5) is 0 Å². The van der Waals surface area contributed by atoms with Crippen LogP contribution < -0.4 is 10.6 Å². The number of nitrogens with zero attached hydrogens (tertiary/aromatic N) is 1. The van der Waals surface area contributed by atoms with Crippen LogP contribution in [0, 0.1) is 6.92 Å². The van der Waals surface area contributed by atoms with E-state index in [0.29, 0.717) is 29.2 Å². The third-order valence-corrected chi connectivity index (χ3v) is 3.19. The summed E-state index contributed by atoms with van der Waals surface area (Å²) in [6, 6.07) is 10.2. The maximum absolute atomic E-state index is 11.9. The molecule has 0 aliphatic heterocycles. The fourth-order valence-electron chi connectivity index (χ4n) is 1.79. The molecule has 0 atom stereocenters. The van der Waals surface area contributed by atoms with Crippen LogP contribution in [-0.2, 0) is 0 Å². The Bertz CT molecular complexity index is 671. The first kappa shape index (κ1) is 16.0. The minimum absolute atomic E-state index is 0.218. The van der Waals surface area contributed by atoms with E-state index in [1.165, 1.54) is 6.20 Å². The van der Waals surface area contributed by atoms with Gasteiger partial charge >= 0.3 is 0 Å². The highest BCUT2D eigenvalue weighted by molar-refractivity contribution is 6.30. The molecule has 22 heavy (non-hydrogen) atoms. The van der Waals surface area contributed by atoms with Gasteiger partial charge < -0.3 is 10.6 Å². The predicted octanol–water partition coefficient (Wildman–Crippen LogP) is 2.20. The van der Waals surface area contributed by atoms with Gasteiger partial charge in [-0.2, -0.15) is 0 Å². The Hall–Kier alpha value is -2.40. The summed E-state index contributed by atoms with van der Waals surface area (Å²) in [7, 11) is 0. The summed E-state index contributed by atoms with van der Waals surface area (Å²) < 4.78 is 0. The molecule has 2 aromatic rings. The van der Waals surface area contributed by atoms with Crippen LogP contribution in [0.1, 0.15) is 26.4 Å². The van der Waals surface area contributed by atoms with Crippen molar-refractivity contribution in [2.24, 2.45) is 0 Å². The third-order valence-electron chi connectivity index (χ3n) is 2.96. The van der Waals surface area contributed by atoms with Crippen LogP contribution in [0.3, 0.4) is 0 Å².